The number of hydrogen-bond donors (Lipinski definition) is 1. The molecule has 0 fully saturated rings. The van der Waals surface area contributed by atoms with Crippen LogP contribution in [0.5, 0.6) is 0 Å². The quantitative estimate of drug-likeness (QED) is 0.401. The van der Waals surface area contributed by atoms with Crippen LogP contribution in [0.25, 0.3) is 10.6 Å². The van der Waals surface area contributed by atoms with Crippen LogP contribution in [0.4, 0.5) is 5.13 Å². The van der Waals surface area contributed by atoms with Crippen LogP contribution in [0.1, 0.15) is 37.0 Å². The SMILES string of the molecule is CC[C@H](C)N(CCC(=O)Nc1nnc(-c2ccc(Cl)cc2)s1)C(=O)c1cccc(Br)c1. The Morgan fingerprint density at radius 3 is 2.61 bits per heavy atom. The molecule has 31 heavy (non-hydrogen) atoms. The van der Waals surface area contributed by atoms with Gasteiger partial charge in [0, 0.05) is 39.6 Å². The van der Waals surface area contributed by atoms with Gasteiger partial charge in [0.1, 0.15) is 5.01 Å². The highest BCUT2D eigenvalue weighted by atomic mass is 79.9. The van der Waals surface area contributed by atoms with E-state index in [1.54, 1.807) is 29.2 Å². The molecule has 1 atom stereocenters. The molecule has 162 valence electrons. The molecule has 0 bridgehead atoms. The van der Waals surface area contributed by atoms with Gasteiger partial charge in [-0.2, -0.15) is 0 Å². The van der Waals surface area contributed by atoms with Crippen LogP contribution in [0.2, 0.25) is 5.02 Å². The first-order valence-corrected chi connectivity index (χ1v) is 11.8. The average molecular weight is 522 g/mol. The summed E-state index contributed by atoms with van der Waals surface area (Å²) >= 11 is 10.6. The van der Waals surface area contributed by atoms with Crippen molar-refractivity contribution < 1.29 is 9.59 Å². The fourth-order valence-corrected chi connectivity index (χ4v) is 4.21. The summed E-state index contributed by atoms with van der Waals surface area (Å²) in [7, 11) is 0. The summed E-state index contributed by atoms with van der Waals surface area (Å²) in [4.78, 5) is 27.2. The maximum absolute atomic E-state index is 13.0. The minimum Gasteiger partial charge on any atom is -0.335 e. The fraction of sp³-hybridized carbons (Fsp3) is 0.273. The number of carbonyl (C=O) groups excluding carboxylic acids is 2. The maximum Gasteiger partial charge on any atom is 0.254 e. The third-order valence-corrected chi connectivity index (χ3v) is 6.43. The van der Waals surface area contributed by atoms with Gasteiger partial charge in [0.2, 0.25) is 11.0 Å². The van der Waals surface area contributed by atoms with Crippen molar-refractivity contribution in [3.63, 3.8) is 0 Å². The third-order valence-electron chi connectivity index (χ3n) is 4.80. The highest BCUT2D eigenvalue weighted by molar-refractivity contribution is 9.10. The fourth-order valence-electron chi connectivity index (χ4n) is 2.92. The van der Waals surface area contributed by atoms with Crippen molar-refractivity contribution in [1.29, 1.82) is 0 Å². The average Bonchev–Trinajstić information content (AvgIpc) is 3.22. The second-order valence-electron chi connectivity index (χ2n) is 6.98. The van der Waals surface area contributed by atoms with Gasteiger partial charge in [-0.3, -0.25) is 9.59 Å². The standard InChI is InChI=1S/C22H22BrClN4O2S/c1-3-14(2)28(21(30)16-5-4-6-17(23)13-16)12-11-19(29)25-22-27-26-20(31-22)15-7-9-18(24)10-8-15/h4-10,13-14H,3,11-12H2,1-2H3,(H,25,27,29)/t14-/m0/s1. The molecule has 3 rings (SSSR count). The molecule has 0 radical (unpaired) electrons. The predicted octanol–water partition coefficient (Wildman–Crippen LogP) is 5.89. The first-order chi connectivity index (χ1) is 14.9. The molecule has 1 heterocycles. The summed E-state index contributed by atoms with van der Waals surface area (Å²) in [6.45, 7) is 4.32. The lowest BCUT2D eigenvalue weighted by molar-refractivity contribution is -0.116. The molecule has 0 unspecified atom stereocenters. The van der Waals surface area contributed by atoms with Gasteiger partial charge in [-0.1, -0.05) is 64.0 Å². The molecule has 0 spiro atoms. The lowest BCUT2D eigenvalue weighted by Gasteiger charge is -2.28. The van der Waals surface area contributed by atoms with E-state index >= 15 is 0 Å². The van der Waals surface area contributed by atoms with Crippen molar-refractivity contribution in [3.05, 3.63) is 63.6 Å². The number of nitrogens with one attached hydrogen (secondary N) is 1. The Hall–Kier alpha value is -2.29. The van der Waals surface area contributed by atoms with Crippen molar-refractivity contribution in [3.8, 4) is 10.6 Å². The molecule has 9 heteroatoms. The largest absolute Gasteiger partial charge is 0.335 e. The van der Waals surface area contributed by atoms with Crippen LogP contribution >= 0.6 is 38.9 Å². The Kier molecular flexibility index (Phi) is 8.17. The minimum absolute atomic E-state index is 0.0114. The number of benzene rings is 2. The molecule has 0 aliphatic heterocycles. The third kappa shape index (κ3) is 6.35. The molecular weight excluding hydrogens is 500 g/mol. The monoisotopic (exact) mass is 520 g/mol. The molecule has 6 nitrogen and oxygen atoms in total. The summed E-state index contributed by atoms with van der Waals surface area (Å²) in [5, 5.41) is 12.7. The first-order valence-electron chi connectivity index (χ1n) is 9.83. The van der Waals surface area contributed by atoms with Crippen molar-refractivity contribution in [2.45, 2.75) is 32.7 Å². The normalized spacial score (nSPS) is 11.7. The number of nitrogens with zero attached hydrogens (tertiary/aromatic N) is 3. The van der Waals surface area contributed by atoms with E-state index in [4.69, 9.17) is 11.6 Å². The van der Waals surface area contributed by atoms with Gasteiger partial charge < -0.3 is 10.2 Å². The van der Waals surface area contributed by atoms with Crippen molar-refractivity contribution in [1.82, 2.24) is 15.1 Å². The van der Waals surface area contributed by atoms with E-state index in [9.17, 15) is 9.59 Å². The van der Waals surface area contributed by atoms with Gasteiger partial charge in [-0.15, -0.1) is 10.2 Å². The summed E-state index contributed by atoms with van der Waals surface area (Å²) < 4.78 is 0.841. The number of carbonyl (C=O) groups is 2. The maximum atomic E-state index is 13.0. The first kappa shape index (κ1) is 23.4. The van der Waals surface area contributed by atoms with Gasteiger partial charge in [-0.25, -0.2) is 0 Å². The van der Waals surface area contributed by atoms with E-state index in [1.807, 2.05) is 38.1 Å². The van der Waals surface area contributed by atoms with Crippen molar-refractivity contribution in [2.24, 2.45) is 0 Å². The molecular formula is C22H22BrClN4O2S. The zero-order valence-corrected chi connectivity index (χ0v) is 20.3. The van der Waals surface area contributed by atoms with Crippen LogP contribution in [0.3, 0.4) is 0 Å². The van der Waals surface area contributed by atoms with Gasteiger partial charge in [0.15, 0.2) is 0 Å². The van der Waals surface area contributed by atoms with E-state index < -0.39 is 0 Å². The Bertz CT molecular complexity index is 1060. The number of anilines is 1. The molecule has 0 saturated heterocycles. The van der Waals surface area contributed by atoms with Crippen LogP contribution in [-0.2, 0) is 4.79 Å². The van der Waals surface area contributed by atoms with Crippen LogP contribution in [0, 0.1) is 0 Å². The molecule has 0 saturated carbocycles. The van der Waals surface area contributed by atoms with E-state index in [2.05, 4.69) is 31.4 Å². The Morgan fingerprint density at radius 2 is 1.94 bits per heavy atom. The second kappa shape index (κ2) is 10.8. The van der Waals surface area contributed by atoms with Crippen LogP contribution in [-0.4, -0.2) is 39.5 Å². The second-order valence-corrected chi connectivity index (χ2v) is 9.31. The number of aromatic nitrogens is 2. The molecule has 0 aliphatic rings. The van der Waals surface area contributed by atoms with Crippen molar-refractivity contribution in [2.75, 3.05) is 11.9 Å². The smallest absolute Gasteiger partial charge is 0.254 e. The Labute approximate surface area is 198 Å². The van der Waals surface area contributed by atoms with Gasteiger partial charge in [-0.05, 0) is 43.7 Å². The minimum atomic E-state index is -0.214. The molecule has 1 N–H and O–H groups in total. The summed E-state index contributed by atoms with van der Waals surface area (Å²) in [5.41, 5.74) is 1.47. The lowest BCUT2D eigenvalue weighted by Crippen LogP contribution is -2.40. The van der Waals surface area contributed by atoms with E-state index in [0.717, 1.165) is 16.5 Å². The van der Waals surface area contributed by atoms with E-state index in [-0.39, 0.29) is 24.3 Å². The number of hydrogen-bond acceptors (Lipinski definition) is 5. The zero-order chi connectivity index (χ0) is 22.4. The summed E-state index contributed by atoms with van der Waals surface area (Å²) in [6, 6.07) is 14.5. The Balaban J connectivity index is 1.62. The molecule has 2 aromatic carbocycles. The zero-order valence-electron chi connectivity index (χ0n) is 17.1. The molecule has 2 amide bonds. The number of halogens is 2. The topological polar surface area (TPSA) is 75.2 Å². The lowest BCUT2D eigenvalue weighted by atomic mass is 10.1. The van der Waals surface area contributed by atoms with Crippen LogP contribution < -0.4 is 5.32 Å². The van der Waals surface area contributed by atoms with Gasteiger partial charge >= 0.3 is 0 Å². The van der Waals surface area contributed by atoms with E-state index in [0.29, 0.717) is 27.3 Å². The van der Waals surface area contributed by atoms with Gasteiger partial charge in [0.05, 0.1) is 0 Å². The Morgan fingerprint density at radius 1 is 1.19 bits per heavy atom. The predicted molar refractivity (Wildman–Crippen MR) is 129 cm³/mol. The summed E-state index contributed by atoms with van der Waals surface area (Å²) in [5.74, 6) is -0.307. The molecule has 0 aliphatic carbocycles. The number of amides is 2. The van der Waals surface area contributed by atoms with Crippen molar-refractivity contribution >= 4 is 55.8 Å². The van der Waals surface area contributed by atoms with E-state index in [1.165, 1.54) is 11.3 Å². The highest BCUT2D eigenvalue weighted by Crippen LogP contribution is 2.27. The molecule has 3 aromatic rings. The summed E-state index contributed by atoms with van der Waals surface area (Å²) in [6.07, 6.45) is 0.960. The number of rotatable bonds is 8. The van der Waals surface area contributed by atoms with Crippen LogP contribution in [0.15, 0.2) is 53.0 Å². The molecule has 1 aromatic heterocycles. The highest BCUT2D eigenvalue weighted by Gasteiger charge is 2.22. The van der Waals surface area contributed by atoms with Gasteiger partial charge in [0.25, 0.3) is 5.91 Å².